The Labute approximate surface area is 96.4 Å². The lowest BCUT2D eigenvalue weighted by Crippen LogP contribution is -2.17. The number of aliphatic imine (C=N–C) groups is 1. The monoisotopic (exact) mass is 239 g/mol. The number of halogens is 1. The summed E-state index contributed by atoms with van der Waals surface area (Å²) in [7, 11) is 0. The SMILES string of the molecule is Cc1cccc(C2=NC(C(=O)O)CS2)c1F. The second-order valence-electron chi connectivity index (χ2n) is 3.54. The molecule has 84 valence electrons. The molecule has 0 aromatic heterocycles. The van der Waals surface area contributed by atoms with Crippen LogP contribution in [0.1, 0.15) is 11.1 Å². The summed E-state index contributed by atoms with van der Waals surface area (Å²) in [6.45, 7) is 1.67. The molecule has 0 amide bonds. The molecule has 1 heterocycles. The van der Waals surface area contributed by atoms with E-state index < -0.39 is 12.0 Å². The Morgan fingerprint density at radius 2 is 2.38 bits per heavy atom. The van der Waals surface area contributed by atoms with Crippen LogP contribution in [0.25, 0.3) is 0 Å². The van der Waals surface area contributed by atoms with E-state index in [-0.39, 0.29) is 5.82 Å². The standard InChI is InChI=1S/C11H10FNO2S/c1-6-3-2-4-7(9(6)12)10-13-8(5-16-10)11(14)15/h2-4,8H,5H2,1H3,(H,14,15). The number of rotatable bonds is 2. The molecule has 16 heavy (non-hydrogen) atoms. The van der Waals surface area contributed by atoms with Gasteiger partial charge in [-0.25, -0.2) is 9.18 Å². The Hall–Kier alpha value is -1.36. The highest BCUT2D eigenvalue weighted by Crippen LogP contribution is 2.26. The van der Waals surface area contributed by atoms with Crippen LogP contribution in [-0.2, 0) is 4.79 Å². The van der Waals surface area contributed by atoms with Gasteiger partial charge in [0.2, 0.25) is 0 Å². The number of carboxylic acids is 1. The molecule has 0 bridgehead atoms. The van der Waals surface area contributed by atoms with Crippen LogP contribution in [0.4, 0.5) is 4.39 Å². The van der Waals surface area contributed by atoms with Gasteiger partial charge in [-0.05, 0) is 18.6 Å². The van der Waals surface area contributed by atoms with Crippen LogP contribution in [0, 0.1) is 12.7 Å². The molecule has 1 aliphatic heterocycles. The zero-order valence-electron chi connectivity index (χ0n) is 8.61. The van der Waals surface area contributed by atoms with Gasteiger partial charge in [0.25, 0.3) is 0 Å². The Balaban J connectivity index is 2.36. The summed E-state index contributed by atoms with van der Waals surface area (Å²) in [5.74, 6) is -0.909. The van der Waals surface area contributed by atoms with Gasteiger partial charge in [0.1, 0.15) is 10.9 Å². The highest BCUT2D eigenvalue weighted by atomic mass is 32.2. The number of nitrogens with zero attached hydrogens (tertiary/aromatic N) is 1. The van der Waals surface area contributed by atoms with Gasteiger partial charge in [-0.3, -0.25) is 4.99 Å². The molecule has 0 radical (unpaired) electrons. The quantitative estimate of drug-likeness (QED) is 0.859. The predicted molar refractivity (Wildman–Crippen MR) is 61.6 cm³/mol. The first-order chi connectivity index (χ1) is 7.59. The number of carbonyl (C=O) groups is 1. The van der Waals surface area contributed by atoms with Gasteiger partial charge in [0.05, 0.1) is 0 Å². The lowest BCUT2D eigenvalue weighted by atomic mass is 10.1. The fraction of sp³-hybridized carbons (Fsp3) is 0.273. The van der Waals surface area contributed by atoms with Crippen molar-refractivity contribution in [2.45, 2.75) is 13.0 Å². The lowest BCUT2D eigenvalue weighted by molar-refractivity contribution is -0.137. The second kappa shape index (κ2) is 4.25. The average Bonchev–Trinajstić information content (AvgIpc) is 2.71. The van der Waals surface area contributed by atoms with Crippen LogP contribution in [0.3, 0.4) is 0 Å². The van der Waals surface area contributed by atoms with E-state index in [0.29, 0.717) is 21.9 Å². The van der Waals surface area contributed by atoms with Gasteiger partial charge in [-0.1, -0.05) is 12.1 Å². The fourth-order valence-electron chi connectivity index (χ4n) is 1.46. The summed E-state index contributed by atoms with van der Waals surface area (Å²) in [6, 6.07) is 4.29. The van der Waals surface area contributed by atoms with E-state index in [9.17, 15) is 9.18 Å². The average molecular weight is 239 g/mol. The number of aliphatic carboxylic acids is 1. The number of hydrogen-bond acceptors (Lipinski definition) is 3. The number of thioether (sulfide) groups is 1. The Bertz CT molecular complexity index is 473. The first-order valence-corrected chi connectivity index (χ1v) is 5.77. The molecule has 5 heteroatoms. The summed E-state index contributed by atoms with van der Waals surface area (Å²) in [6.07, 6.45) is 0. The third-order valence-corrected chi connectivity index (χ3v) is 3.44. The minimum atomic E-state index is -0.962. The van der Waals surface area contributed by atoms with Crippen molar-refractivity contribution in [3.63, 3.8) is 0 Å². The molecule has 3 nitrogen and oxygen atoms in total. The second-order valence-corrected chi connectivity index (χ2v) is 4.54. The molecule has 2 rings (SSSR count). The molecule has 0 spiro atoms. The first-order valence-electron chi connectivity index (χ1n) is 4.78. The van der Waals surface area contributed by atoms with E-state index in [1.165, 1.54) is 11.8 Å². The highest BCUT2D eigenvalue weighted by Gasteiger charge is 2.26. The fourth-order valence-corrected chi connectivity index (χ4v) is 2.51. The van der Waals surface area contributed by atoms with Crippen molar-refractivity contribution in [2.75, 3.05) is 5.75 Å². The number of aryl methyl sites for hydroxylation is 1. The van der Waals surface area contributed by atoms with E-state index in [0.717, 1.165) is 0 Å². The molecule has 1 N–H and O–H groups in total. The van der Waals surface area contributed by atoms with Crippen molar-refractivity contribution >= 4 is 22.8 Å². The Kier molecular flexibility index (Phi) is 2.96. The molecule has 0 saturated carbocycles. The normalized spacial score (nSPS) is 19.6. The molecule has 1 unspecified atom stereocenters. The third-order valence-electron chi connectivity index (χ3n) is 2.36. The van der Waals surface area contributed by atoms with Crippen molar-refractivity contribution in [2.24, 2.45) is 4.99 Å². The van der Waals surface area contributed by atoms with Crippen LogP contribution >= 0.6 is 11.8 Å². The number of hydrogen-bond donors (Lipinski definition) is 1. The van der Waals surface area contributed by atoms with E-state index in [1.807, 2.05) is 0 Å². The van der Waals surface area contributed by atoms with Crippen molar-refractivity contribution in [3.8, 4) is 0 Å². The summed E-state index contributed by atoms with van der Waals surface area (Å²) in [5, 5.41) is 9.27. The molecule has 1 aromatic carbocycles. The van der Waals surface area contributed by atoms with Gasteiger partial charge >= 0.3 is 5.97 Å². The minimum Gasteiger partial charge on any atom is -0.480 e. The maximum absolute atomic E-state index is 13.7. The molecular weight excluding hydrogens is 229 g/mol. The van der Waals surface area contributed by atoms with E-state index in [2.05, 4.69) is 4.99 Å². The smallest absolute Gasteiger partial charge is 0.329 e. The zero-order valence-corrected chi connectivity index (χ0v) is 9.42. The van der Waals surface area contributed by atoms with E-state index in [1.54, 1.807) is 25.1 Å². The third kappa shape index (κ3) is 1.95. The molecule has 0 saturated heterocycles. The van der Waals surface area contributed by atoms with Gasteiger partial charge in [0, 0.05) is 11.3 Å². The van der Waals surface area contributed by atoms with Crippen LogP contribution in [0.5, 0.6) is 0 Å². The molecule has 1 atom stereocenters. The molecule has 1 aliphatic rings. The summed E-state index contributed by atoms with van der Waals surface area (Å²) in [5.41, 5.74) is 0.938. The van der Waals surface area contributed by atoms with E-state index in [4.69, 9.17) is 5.11 Å². The first kappa shape index (κ1) is 11.1. The van der Waals surface area contributed by atoms with Crippen molar-refractivity contribution < 1.29 is 14.3 Å². The highest BCUT2D eigenvalue weighted by molar-refractivity contribution is 8.14. The van der Waals surface area contributed by atoms with E-state index >= 15 is 0 Å². The summed E-state index contributed by atoms with van der Waals surface area (Å²) < 4.78 is 13.7. The van der Waals surface area contributed by atoms with Crippen molar-refractivity contribution in [3.05, 3.63) is 35.1 Å². The Morgan fingerprint density at radius 3 is 3.00 bits per heavy atom. The molecular formula is C11H10FNO2S. The van der Waals surface area contributed by atoms with Crippen molar-refractivity contribution in [1.82, 2.24) is 0 Å². The molecule has 1 aromatic rings. The maximum atomic E-state index is 13.7. The predicted octanol–water partition coefficient (Wildman–Crippen LogP) is 2.08. The lowest BCUT2D eigenvalue weighted by Gasteiger charge is -2.03. The topological polar surface area (TPSA) is 49.7 Å². The van der Waals surface area contributed by atoms with Gasteiger partial charge < -0.3 is 5.11 Å². The zero-order chi connectivity index (χ0) is 11.7. The van der Waals surface area contributed by atoms with Crippen LogP contribution < -0.4 is 0 Å². The number of carboxylic acid groups (broad SMARTS) is 1. The minimum absolute atomic E-state index is 0.320. The Morgan fingerprint density at radius 1 is 1.62 bits per heavy atom. The summed E-state index contributed by atoms with van der Waals surface area (Å²) >= 11 is 1.28. The molecule has 0 fully saturated rings. The number of benzene rings is 1. The van der Waals surface area contributed by atoms with Gasteiger partial charge in [0.15, 0.2) is 6.04 Å². The maximum Gasteiger partial charge on any atom is 0.329 e. The van der Waals surface area contributed by atoms with Crippen LogP contribution in [-0.4, -0.2) is 27.9 Å². The van der Waals surface area contributed by atoms with Crippen molar-refractivity contribution in [1.29, 1.82) is 0 Å². The largest absolute Gasteiger partial charge is 0.480 e. The van der Waals surface area contributed by atoms with Crippen LogP contribution in [0.2, 0.25) is 0 Å². The van der Waals surface area contributed by atoms with Gasteiger partial charge in [-0.15, -0.1) is 11.8 Å². The van der Waals surface area contributed by atoms with Crippen LogP contribution in [0.15, 0.2) is 23.2 Å². The molecule has 0 aliphatic carbocycles. The summed E-state index contributed by atoms with van der Waals surface area (Å²) in [4.78, 5) is 14.7. The van der Waals surface area contributed by atoms with Gasteiger partial charge in [-0.2, -0.15) is 0 Å².